The van der Waals surface area contributed by atoms with Gasteiger partial charge in [0.2, 0.25) is 0 Å². The summed E-state index contributed by atoms with van der Waals surface area (Å²) in [6.07, 6.45) is 8.08. The molecule has 1 saturated heterocycles. The van der Waals surface area contributed by atoms with E-state index in [1.165, 1.54) is 39.9 Å². The Labute approximate surface area is 185 Å². The van der Waals surface area contributed by atoms with Gasteiger partial charge in [0.1, 0.15) is 0 Å². The molecule has 0 aromatic heterocycles. The molecule has 2 heteroatoms. The molecule has 3 aromatic carbocycles. The van der Waals surface area contributed by atoms with Gasteiger partial charge in [-0.15, -0.1) is 0 Å². The third-order valence-corrected chi connectivity index (χ3v) is 7.52. The van der Waals surface area contributed by atoms with Crippen LogP contribution in [0, 0.1) is 0 Å². The average Bonchev–Trinajstić information content (AvgIpc) is 2.84. The van der Waals surface area contributed by atoms with Crippen molar-refractivity contribution >= 4 is 11.8 Å². The number of fused-ring (bicyclic) bond motifs is 5. The van der Waals surface area contributed by atoms with E-state index in [0.717, 1.165) is 39.0 Å². The predicted octanol–water partition coefficient (Wildman–Crippen LogP) is 5.75. The van der Waals surface area contributed by atoms with Crippen LogP contribution in [0.2, 0.25) is 0 Å². The Morgan fingerprint density at radius 1 is 0.774 bits per heavy atom. The molecule has 1 aliphatic heterocycles. The van der Waals surface area contributed by atoms with Gasteiger partial charge in [-0.2, -0.15) is 0 Å². The number of hydrogen-bond donors (Lipinski definition) is 0. The Hall–Kier alpha value is -2.84. The van der Waals surface area contributed by atoms with Crippen LogP contribution in [0.4, 0.5) is 5.69 Å². The predicted molar refractivity (Wildman–Crippen MR) is 131 cm³/mol. The standard InChI is InChI=1S/C29H30N2/c1-30-16-18-31(19-17-30)23-13-10-22(11-14-23)28-20-29-24-7-3-2-6-21(24)12-15-27(29)25-8-4-5-9-26(25)28/h2,4-6,8-15,28H,3,7,16-20H2,1H3. The Kier molecular flexibility index (Phi) is 4.69. The smallest absolute Gasteiger partial charge is 0.0367 e. The van der Waals surface area contributed by atoms with E-state index in [1.54, 1.807) is 11.1 Å². The minimum atomic E-state index is 0.433. The second-order valence-corrected chi connectivity index (χ2v) is 9.33. The second-order valence-electron chi connectivity index (χ2n) is 9.33. The molecule has 0 bridgehead atoms. The van der Waals surface area contributed by atoms with E-state index in [2.05, 4.69) is 89.7 Å². The molecule has 0 radical (unpaired) electrons. The maximum atomic E-state index is 2.52. The van der Waals surface area contributed by atoms with Crippen LogP contribution < -0.4 is 4.90 Å². The molecule has 1 atom stereocenters. The van der Waals surface area contributed by atoms with Crippen LogP contribution in [0.15, 0.2) is 66.7 Å². The number of allylic oxidation sites excluding steroid dienone is 1. The molecule has 31 heavy (non-hydrogen) atoms. The first-order valence-corrected chi connectivity index (χ1v) is 11.7. The van der Waals surface area contributed by atoms with Crippen LogP contribution in [0.1, 0.15) is 40.2 Å². The van der Waals surface area contributed by atoms with Crippen molar-refractivity contribution in [3.8, 4) is 11.1 Å². The molecule has 0 amide bonds. The molecule has 1 unspecified atom stereocenters. The molecular weight excluding hydrogens is 376 g/mol. The summed E-state index contributed by atoms with van der Waals surface area (Å²) in [5, 5.41) is 0. The van der Waals surface area contributed by atoms with Gasteiger partial charge in [0.05, 0.1) is 0 Å². The molecule has 156 valence electrons. The summed E-state index contributed by atoms with van der Waals surface area (Å²) < 4.78 is 0. The minimum Gasteiger partial charge on any atom is -0.369 e. The first kappa shape index (κ1) is 18.9. The summed E-state index contributed by atoms with van der Waals surface area (Å²) in [4.78, 5) is 4.94. The van der Waals surface area contributed by atoms with Gasteiger partial charge in [-0.25, -0.2) is 0 Å². The van der Waals surface area contributed by atoms with Gasteiger partial charge < -0.3 is 9.80 Å². The molecule has 2 aliphatic carbocycles. The summed E-state index contributed by atoms with van der Waals surface area (Å²) in [7, 11) is 2.22. The van der Waals surface area contributed by atoms with E-state index in [4.69, 9.17) is 0 Å². The first-order chi connectivity index (χ1) is 15.3. The average molecular weight is 407 g/mol. The van der Waals surface area contributed by atoms with Crippen LogP contribution in [0.3, 0.4) is 0 Å². The Morgan fingerprint density at radius 3 is 2.42 bits per heavy atom. The van der Waals surface area contributed by atoms with Gasteiger partial charge in [-0.1, -0.05) is 60.7 Å². The highest BCUT2D eigenvalue weighted by molar-refractivity contribution is 5.79. The fraction of sp³-hybridized carbons (Fsp3) is 0.310. The van der Waals surface area contributed by atoms with Crippen molar-refractivity contribution in [3.05, 3.63) is 94.6 Å². The van der Waals surface area contributed by atoms with Gasteiger partial charge >= 0.3 is 0 Å². The molecular formula is C29H30N2. The van der Waals surface area contributed by atoms with Crippen LogP contribution in [-0.2, 0) is 12.8 Å². The third kappa shape index (κ3) is 3.30. The summed E-state index contributed by atoms with van der Waals surface area (Å²) in [6.45, 7) is 4.53. The fourth-order valence-corrected chi connectivity index (χ4v) is 5.73. The Balaban J connectivity index is 1.38. The van der Waals surface area contributed by atoms with Crippen molar-refractivity contribution in [1.29, 1.82) is 0 Å². The molecule has 1 fully saturated rings. The van der Waals surface area contributed by atoms with Crippen LogP contribution in [0.25, 0.3) is 17.2 Å². The molecule has 0 saturated carbocycles. The van der Waals surface area contributed by atoms with E-state index in [9.17, 15) is 0 Å². The Bertz CT molecular complexity index is 1130. The number of anilines is 1. The summed E-state index contributed by atoms with van der Waals surface area (Å²) >= 11 is 0. The zero-order chi connectivity index (χ0) is 20.8. The van der Waals surface area contributed by atoms with Crippen molar-refractivity contribution < 1.29 is 0 Å². The number of benzene rings is 3. The summed E-state index contributed by atoms with van der Waals surface area (Å²) in [5.74, 6) is 0.433. The monoisotopic (exact) mass is 406 g/mol. The van der Waals surface area contributed by atoms with Gasteiger partial charge in [0.25, 0.3) is 0 Å². The molecule has 0 N–H and O–H groups in total. The zero-order valence-electron chi connectivity index (χ0n) is 18.3. The van der Waals surface area contributed by atoms with Crippen molar-refractivity contribution in [3.63, 3.8) is 0 Å². The molecule has 1 heterocycles. The first-order valence-electron chi connectivity index (χ1n) is 11.7. The molecule has 3 aromatic rings. The highest BCUT2D eigenvalue weighted by atomic mass is 15.2. The number of piperazine rings is 1. The maximum absolute atomic E-state index is 2.52. The van der Waals surface area contributed by atoms with E-state index in [-0.39, 0.29) is 0 Å². The summed E-state index contributed by atoms with van der Waals surface area (Å²) in [6, 6.07) is 23.2. The number of likely N-dealkylation sites (N-methyl/N-ethyl adjacent to an activating group) is 1. The number of nitrogens with zero attached hydrogens (tertiary/aromatic N) is 2. The van der Waals surface area contributed by atoms with Crippen LogP contribution in [0.5, 0.6) is 0 Å². The summed E-state index contributed by atoms with van der Waals surface area (Å²) in [5.41, 5.74) is 11.7. The Morgan fingerprint density at radius 2 is 1.58 bits per heavy atom. The van der Waals surface area contributed by atoms with Gasteiger partial charge in [0, 0.05) is 37.8 Å². The van der Waals surface area contributed by atoms with Gasteiger partial charge in [-0.05, 0) is 77.4 Å². The van der Waals surface area contributed by atoms with E-state index in [1.807, 2.05) is 0 Å². The van der Waals surface area contributed by atoms with Crippen LogP contribution >= 0.6 is 0 Å². The maximum Gasteiger partial charge on any atom is 0.0367 e. The number of hydrogen-bond acceptors (Lipinski definition) is 2. The lowest BCUT2D eigenvalue weighted by Gasteiger charge is -2.34. The van der Waals surface area contributed by atoms with E-state index < -0.39 is 0 Å². The molecule has 3 aliphatic rings. The molecule has 6 rings (SSSR count). The lowest BCUT2D eigenvalue weighted by molar-refractivity contribution is 0.313. The van der Waals surface area contributed by atoms with Crippen molar-refractivity contribution in [1.82, 2.24) is 4.90 Å². The lowest BCUT2D eigenvalue weighted by Crippen LogP contribution is -2.44. The SMILES string of the molecule is CN1CCN(c2ccc(C3Cc4c(ccc5c4CCC=C5)-c4ccccc43)cc2)CC1. The minimum absolute atomic E-state index is 0.433. The second kappa shape index (κ2) is 7.69. The largest absolute Gasteiger partial charge is 0.369 e. The van der Waals surface area contributed by atoms with Gasteiger partial charge in [-0.3, -0.25) is 0 Å². The van der Waals surface area contributed by atoms with Crippen LogP contribution in [-0.4, -0.2) is 38.1 Å². The van der Waals surface area contributed by atoms with E-state index >= 15 is 0 Å². The third-order valence-electron chi connectivity index (χ3n) is 7.52. The van der Waals surface area contributed by atoms with Crippen molar-refractivity contribution in [2.45, 2.75) is 25.2 Å². The zero-order valence-corrected chi connectivity index (χ0v) is 18.3. The number of rotatable bonds is 2. The van der Waals surface area contributed by atoms with Crippen molar-refractivity contribution in [2.75, 3.05) is 38.1 Å². The van der Waals surface area contributed by atoms with E-state index in [0.29, 0.717) is 5.92 Å². The van der Waals surface area contributed by atoms with Gasteiger partial charge in [0.15, 0.2) is 0 Å². The molecule has 2 nitrogen and oxygen atoms in total. The highest BCUT2D eigenvalue weighted by Crippen LogP contribution is 2.45. The lowest BCUT2D eigenvalue weighted by atomic mass is 9.73. The normalized spacial score (nSPS) is 20.2. The molecule has 0 spiro atoms. The quantitative estimate of drug-likeness (QED) is 0.534. The fourth-order valence-electron chi connectivity index (χ4n) is 5.73. The topological polar surface area (TPSA) is 6.48 Å². The van der Waals surface area contributed by atoms with Crippen molar-refractivity contribution in [2.24, 2.45) is 0 Å². The highest BCUT2D eigenvalue weighted by Gasteiger charge is 2.28.